The van der Waals surface area contributed by atoms with Crippen molar-refractivity contribution in [3.8, 4) is 11.6 Å². The van der Waals surface area contributed by atoms with E-state index in [2.05, 4.69) is 25.0 Å². The predicted molar refractivity (Wildman–Crippen MR) is 115 cm³/mol. The van der Waals surface area contributed by atoms with E-state index in [4.69, 9.17) is 14.6 Å². The zero-order chi connectivity index (χ0) is 24.2. The third kappa shape index (κ3) is 5.01. The molecule has 4 N–H and O–H groups in total. The number of nitrogens with one attached hydrogen (secondary N) is 1. The van der Waals surface area contributed by atoms with Crippen molar-refractivity contribution in [3.63, 3.8) is 0 Å². The highest BCUT2D eigenvalue weighted by Crippen LogP contribution is 2.36. The van der Waals surface area contributed by atoms with E-state index in [1.54, 1.807) is 19.1 Å². The van der Waals surface area contributed by atoms with Gasteiger partial charge in [0.2, 0.25) is 11.8 Å². The highest BCUT2D eigenvalue weighted by Gasteiger charge is 2.43. The molecule has 3 heterocycles. The Morgan fingerprint density at radius 2 is 1.94 bits per heavy atom. The van der Waals surface area contributed by atoms with Gasteiger partial charge in [0.05, 0.1) is 6.10 Å². The van der Waals surface area contributed by atoms with E-state index in [1.165, 1.54) is 23.0 Å². The van der Waals surface area contributed by atoms with Gasteiger partial charge in [-0.2, -0.15) is 13.8 Å². The van der Waals surface area contributed by atoms with Crippen molar-refractivity contribution in [2.75, 3.05) is 18.5 Å². The first kappa shape index (κ1) is 24.0. The van der Waals surface area contributed by atoms with E-state index in [1.807, 2.05) is 0 Å². The van der Waals surface area contributed by atoms with Crippen molar-refractivity contribution in [3.05, 3.63) is 36.2 Å². The number of ether oxygens (including phenoxy) is 3. The maximum Gasteiger partial charge on any atom is 0.387 e. The summed E-state index contributed by atoms with van der Waals surface area (Å²) in [4.78, 5) is 12.9. The number of hydrogen-bond donors (Lipinski definition) is 4. The highest BCUT2D eigenvalue weighted by atomic mass is 19.3. The second kappa shape index (κ2) is 10.4. The number of alkyl halides is 2. The maximum absolute atomic E-state index is 12.3. The number of halogens is 2. The van der Waals surface area contributed by atoms with E-state index in [0.29, 0.717) is 30.1 Å². The molecule has 0 bridgehead atoms. The number of imidazole rings is 1. The van der Waals surface area contributed by atoms with Crippen LogP contribution >= 0.6 is 0 Å². The van der Waals surface area contributed by atoms with Gasteiger partial charge in [-0.15, -0.1) is 0 Å². The van der Waals surface area contributed by atoms with Gasteiger partial charge in [0.1, 0.15) is 30.9 Å². The number of aliphatic hydroxyl groups excluding tert-OH is 3. The van der Waals surface area contributed by atoms with Crippen molar-refractivity contribution >= 4 is 17.1 Å². The third-order valence-electron chi connectivity index (χ3n) is 5.32. The molecule has 184 valence electrons. The lowest BCUT2D eigenvalue weighted by molar-refractivity contribution is -0.0498. The lowest BCUT2D eigenvalue weighted by atomic mass is 10.1. The first-order valence-corrected chi connectivity index (χ1v) is 10.6. The molecular formula is C21H25F2N5O6. The topological polar surface area (TPSA) is 144 Å². The second-order valence-corrected chi connectivity index (χ2v) is 7.68. The minimum atomic E-state index is -2.90. The largest absolute Gasteiger partial charge is 0.471 e. The van der Waals surface area contributed by atoms with Gasteiger partial charge in [-0.3, -0.25) is 4.57 Å². The van der Waals surface area contributed by atoms with Gasteiger partial charge >= 0.3 is 6.61 Å². The summed E-state index contributed by atoms with van der Waals surface area (Å²) in [6.07, 6.45) is -2.17. The van der Waals surface area contributed by atoms with Crippen LogP contribution in [-0.2, 0) is 11.3 Å². The minimum absolute atomic E-state index is 0.0269. The Balaban J connectivity index is 1.61. The molecule has 0 amide bonds. The molecule has 13 heteroatoms. The summed E-state index contributed by atoms with van der Waals surface area (Å²) in [5.41, 5.74) is 1.28. The van der Waals surface area contributed by atoms with Gasteiger partial charge in [0.25, 0.3) is 0 Å². The zero-order valence-electron chi connectivity index (χ0n) is 18.2. The van der Waals surface area contributed by atoms with Crippen LogP contribution in [-0.4, -0.2) is 72.9 Å². The van der Waals surface area contributed by atoms with Crippen LogP contribution in [0, 0.1) is 0 Å². The molecule has 3 aromatic rings. The summed E-state index contributed by atoms with van der Waals surface area (Å²) in [5, 5.41) is 32.9. The minimum Gasteiger partial charge on any atom is -0.471 e. The molecule has 1 aliphatic heterocycles. The lowest BCUT2D eigenvalue weighted by Gasteiger charge is -2.19. The van der Waals surface area contributed by atoms with Crippen molar-refractivity contribution in [2.24, 2.45) is 0 Å². The van der Waals surface area contributed by atoms with Gasteiger partial charge in [0.15, 0.2) is 17.4 Å². The number of aliphatic hydroxyl groups is 3. The molecule has 4 atom stereocenters. The molecule has 0 spiro atoms. The number of aromatic nitrogens is 4. The number of hydrogen-bond acceptors (Lipinski definition) is 10. The van der Waals surface area contributed by atoms with E-state index in [0.717, 1.165) is 0 Å². The van der Waals surface area contributed by atoms with Crippen molar-refractivity contribution < 1.29 is 38.3 Å². The normalized spacial score (nSPS) is 22.4. The van der Waals surface area contributed by atoms with Crippen LogP contribution in [0.5, 0.6) is 11.6 Å². The molecule has 1 aromatic carbocycles. The Labute approximate surface area is 192 Å². The number of fused-ring (bicyclic) bond motifs is 1. The maximum atomic E-state index is 12.3. The van der Waals surface area contributed by atoms with Gasteiger partial charge in [-0.25, -0.2) is 9.97 Å². The average molecular weight is 481 g/mol. The van der Waals surface area contributed by atoms with Crippen LogP contribution in [0.3, 0.4) is 0 Å². The first-order valence-electron chi connectivity index (χ1n) is 10.6. The molecule has 4 rings (SSSR count). The monoisotopic (exact) mass is 481 g/mol. The van der Waals surface area contributed by atoms with E-state index >= 15 is 0 Å². The SMILES string of the molecule is C[C@H]1O[C@@H](n2c(NCCCO)nc3c(OCc4ccc(OC(F)F)cc4)ncnc32)[C@H](O)[C@@H]1O. The zero-order valence-corrected chi connectivity index (χ0v) is 18.2. The Morgan fingerprint density at radius 3 is 2.59 bits per heavy atom. The van der Waals surface area contributed by atoms with Crippen molar-refractivity contribution in [1.29, 1.82) is 0 Å². The quantitative estimate of drug-likeness (QED) is 0.314. The number of nitrogens with zero attached hydrogens (tertiary/aromatic N) is 4. The summed E-state index contributed by atoms with van der Waals surface area (Å²) >= 11 is 0. The molecule has 0 unspecified atom stereocenters. The lowest BCUT2D eigenvalue weighted by Crippen LogP contribution is -2.31. The van der Waals surface area contributed by atoms with Crippen LogP contribution in [0.1, 0.15) is 25.1 Å². The molecule has 11 nitrogen and oxygen atoms in total. The van der Waals surface area contributed by atoms with Crippen molar-refractivity contribution in [2.45, 2.75) is 51.1 Å². The van der Waals surface area contributed by atoms with Gasteiger partial charge in [-0.1, -0.05) is 12.1 Å². The summed E-state index contributed by atoms with van der Waals surface area (Å²) in [6.45, 7) is -0.830. The predicted octanol–water partition coefficient (Wildman–Crippen LogP) is 1.44. The molecule has 34 heavy (non-hydrogen) atoms. The van der Waals surface area contributed by atoms with E-state index in [9.17, 15) is 19.0 Å². The number of rotatable bonds is 10. The van der Waals surface area contributed by atoms with E-state index < -0.39 is 31.2 Å². The van der Waals surface area contributed by atoms with Crippen LogP contribution < -0.4 is 14.8 Å². The smallest absolute Gasteiger partial charge is 0.387 e. The molecule has 0 aliphatic carbocycles. The Bertz CT molecular complexity index is 1100. The summed E-state index contributed by atoms with van der Waals surface area (Å²) in [6, 6.07) is 5.98. The fraction of sp³-hybridized carbons (Fsp3) is 0.476. The summed E-state index contributed by atoms with van der Waals surface area (Å²) in [7, 11) is 0. The summed E-state index contributed by atoms with van der Waals surface area (Å²) < 4.78 is 42.1. The van der Waals surface area contributed by atoms with Crippen LogP contribution in [0.25, 0.3) is 11.2 Å². The fourth-order valence-electron chi connectivity index (χ4n) is 3.60. The standard InChI is InChI=1S/C21H25F2N5O6/c1-11-15(30)16(31)19(33-11)28-17-14(27-21(28)24-7-2-8-29)18(26-10-25-17)32-9-12-3-5-13(6-4-12)34-20(22)23/h3-6,10-11,15-16,19-20,29-31H,2,7-9H2,1H3,(H,24,27)/t11-,15-,16-,19-/m1/s1. The molecule has 1 aliphatic rings. The molecule has 1 fully saturated rings. The second-order valence-electron chi connectivity index (χ2n) is 7.68. The van der Waals surface area contributed by atoms with E-state index in [-0.39, 0.29) is 30.4 Å². The highest BCUT2D eigenvalue weighted by molar-refractivity contribution is 5.79. The molecule has 0 radical (unpaired) electrons. The van der Waals surface area contributed by atoms with Gasteiger partial charge in [-0.05, 0) is 31.0 Å². The first-order chi connectivity index (χ1) is 16.4. The number of benzene rings is 1. The van der Waals surface area contributed by atoms with Crippen LogP contribution in [0.15, 0.2) is 30.6 Å². The fourth-order valence-corrected chi connectivity index (χ4v) is 3.60. The van der Waals surface area contributed by atoms with Crippen LogP contribution in [0.4, 0.5) is 14.7 Å². The summed E-state index contributed by atoms with van der Waals surface area (Å²) in [5.74, 6) is 0.489. The average Bonchev–Trinajstić information content (AvgIpc) is 3.30. The molecule has 0 saturated carbocycles. The van der Waals surface area contributed by atoms with Crippen LogP contribution in [0.2, 0.25) is 0 Å². The van der Waals surface area contributed by atoms with Crippen molar-refractivity contribution in [1.82, 2.24) is 19.5 Å². The van der Waals surface area contributed by atoms with Gasteiger partial charge in [0, 0.05) is 13.2 Å². The molecule has 2 aromatic heterocycles. The molecular weight excluding hydrogens is 456 g/mol. The third-order valence-corrected chi connectivity index (χ3v) is 5.32. The molecule has 1 saturated heterocycles. The van der Waals surface area contributed by atoms with Gasteiger partial charge < -0.3 is 34.8 Å². The Kier molecular flexibility index (Phi) is 7.36. The Morgan fingerprint density at radius 1 is 1.18 bits per heavy atom. The Hall–Kier alpha value is -3.13. The number of anilines is 1.